The number of rotatable bonds is 5. The summed E-state index contributed by atoms with van der Waals surface area (Å²) in [4.78, 5) is 15.1. The second kappa shape index (κ2) is 8.88. The van der Waals surface area contributed by atoms with Gasteiger partial charge in [0, 0.05) is 30.9 Å². The van der Waals surface area contributed by atoms with Crippen molar-refractivity contribution >= 4 is 21.6 Å². The molecule has 1 aliphatic heterocycles. The minimum Gasteiger partial charge on any atom is -0.373 e. The number of carbonyl (C=O) groups excluding carboxylic acids is 1. The average Bonchev–Trinajstić information content (AvgIpc) is 2.67. The first-order valence-corrected chi connectivity index (χ1v) is 11.7. The van der Waals surface area contributed by atoms with Gasteiger partial charge in [-0.25, -0.2) is 8.42 Å². The minimum absolute atomic E-state index is 0.131. The predicted octanol–water partition coefficient (Wildman–Crippen LogP) is 3.77. The number of carbonyl (C=O) groups is 1. The summed E-state index contributed by atoms with van der Waals surface area (Å²) in [6, 6.07) is 12.3. The number of amides is 1. The largest absolute Gasteiger partial charge is 0.373 e. The predicted molar refractivity (Wildman–Crippen MR) is 118 cm³/mol. The first kappa shape index (κ1) is 22.5. The van der Waals surface area contributed by atoms with Crippen LogP contribution in [0.5, 0.6) is 0 Å². The van der Waals surface area contributed by atoms with Gasteiger partial charge in [0.2, 0.25) is 10.0 Å². The van der Waals surface area contributed by atoms with Crippen LogP contribution in [0.1, 0.15) is 42.3 Å². The Balaban J connectivity index is 1.93. The highest BCUT2D eigenvalue weighted by Crippen LogP contribution is 2.24. The maximum Gasteiger partial charge on any atom is 0.258 e. The van der Waals surface area contributed by atoms with Gasteiger partial charge in [-0.3, -0.25) is 4.79 Å². The molecule has 6 nitrogen and oxygen atoms in total. The van der Waals surface area contributed by atoms with Crippen molar-refractivity contribution in [1.29, 1.82) is 0 Å². The zero-order valence-corrected chi connectivity index (χ0v) is 19.1. The number of hydrogen-bond donors (Lipinski definition) is 0. The number of aryl methyl sites for hydroxylation is 2. The van der Waals surface area contributed by atoms with E-state index in [0.717, 1.165) is 16.8 Å². The number of nitrogens with zero attached hydrogens (tertiary/aromatic N) is 2. The third kappa shape index (κ3) is 4.74. The van der Waals surface area contributed by atoms with E-state index in [1.54, 1.807) is 23.1 Å². The summed E-state index contributed by atoms with van der Waals surface area (Å²) in [7, 11) is -3.71. The summed E-state index contributed by atoms with van der Waals surface area (Å²) in [5, 5.41) is 0. The van der Waals surface area contributed by atoms with Crippen molar-refractivity contribution in [3.8, 4) is 0 Å². The van der Waals surface area contributed by atoms with Crippen LogP contribution < -0.4 is 4.90 Å². The lowest BCUT2D eigenvalue weighted by Crippen LogP contribution is -2.48. The lowest BCUT2D eigenvalue weighted by atomic mass is 10.1. The topological polar surface area (TPSA) is 66.9 Å². The van der Waals surface area contributed by atoms with E-state index < -0.39 is 10.0 Å². The van der Waals surface area contributed by atoms with E-state index >= 15 is 0 Å². The Kier molecular flexibility index (Phi) is 6.65. The molecular weight excluding hydrogens is 400 g/mol. The van der Waals surface area contributed by atoms with Gasteiger partial charge in [-0.2, -0.15) is 4.31 Å². The first-order valence-electron chi connectivity index (χ1n) is 10.3. The van der Waals surface area contributed by atoms with E-state index in [-0.39, 0.29) is 23.0 Å². The Morgan fingerprint density at radius 2 is 1.67 bits per heavy atom. The number of benzene rings is 2. The van der Waals surface area contributed by atoms with Crippen molar-refractivity contribution in [2.45, 2.75) is 51.7 Å². The Morgan fingerprint density at radius 1 is 1.07 bits per heavy atom. The molecule has 3 rings (SSSR count). The second-order valence-corrected chi connectivity index (χ2v) is 9.94. The highest BCUT2D eigenvalue weighted by atomic mass is 32.2. The Hall–Kier alpha value is -2.22. The molecule has 7 heteroatoms. The van der Waals surface area contributed by atoms with Crippen LogP contribution in [-0.2, 0) is 14.8 Å². The van der Waals surface area contributed by atoms with Gasteiger partial charge in [0.25, 0.3) is 5.91 Å². The van der Waals surface area contributed by atoms with E-state index in [2.05, 4.69) is 6.07 Å². The smallest absolute Gasteiger partial charge is 0.258 e. The van der Waals surface area contributed by atoms with Crippen molar-refractivity contribution in [1.82, 2.24) is 4.31 Å². The minimum atomic E-state index is -3.71. The fourth-order valence-electron chi connectivity index (χ4n) is 3.97. The molecule has 1 amide bonds. The molecule has 0 spiro atoms. The maximum absolute atomic E-state index is 13.3. The molecule has 1 saturated heterocycles. The quantitative estimate of drug-likeness (QED) is 0.724. The molecule has 2 atom stereocenters. The second-order valence-electron chi connectivity index (χ2n) is 8.00. The van der Waals surface area contributed by atoms with Crippen LogP contribution in [-0.4, -0.2) is 50.5 Å². The first-order chi connectivity index (χ1) is 14.1. The molecule has 0 N–H and O–H groups in total. The molecule has 0 saturated carbocycles. The molecule has 2 unspecified atom stereocenters. The van der Waals surface area contributed by atoms with Gasteiger partial charge >= 0.3 is 0 Å². The molecule has 0 aromatic heterocycles. The molecule has 2 aromatic rings. The number of morpholine rings is 1. The molecular formula is C23H30N2O4S. The summed E-state index contributed by atoms with van der Waals surface area (Å²) in [6.07, 6.45) is -0.345. The lowest BCUT2D eigenvalue weighted by Gasteiger charge is -2.34. The summed E-state index contributed by atoms with van der Waals surface area (Å²) >= 11 is 0. The summed E-state index contributed by atoms with van der Waals surface area (Å²) in [6.45, 7) is 10.7. The zero-order valence-electron chi connectivity index (χ0n) is 18.3. The normalized spacial score (nSPS) is 20.2. The molecule has 0 bridgehead atoms. The molecule has 2 aromatic carbocycles. The number of sulfonamides is 1. The standard InChI is InChI=1S/C23H30N2O4S/c1-6-25(21-11-16(2)10-17(3)12-21)23(26)20-8-7-9-22(13-20)30(27,28)24-14-18(4)29-19(5)15-24/h7-13,18-19H,6,14-15H2,1-5H3. The van der Waals surface area contributed by atoms with E-state index in [1.807, 2.05) is 46.8 Å². The molecule has 30 heavy (non-hydrogen) atoms. The van der Waals surface area contributed by atoms with Gasteiger partial charge in [0.1, 0.15) is 0 Å². The van der Waals surface area contributed by atoms with Crippen molar-refractivity contribution in [3.63, 3.8) is 0 Å². The van der Waals surface area contributed by atoms with Gasteiger partial charge in [0.05, 0.1) is 17.1 Å². The van der Waals surface area contributed by atoms with Gasteiger partial charge in [-0.15, -0.1) is 0 Å². The van der Waals surface area contributed by atoms with E-state index in [1.165, 1.54) is 10.4 Å². The van der Waals surface area contributed by atoms with Crippen LogP contribution in [0.15, 0.2) is 47.4 Å². The van der Waals surface area contributed by atoms with Crippen molar-refractivity contribution in [2.24, 2.45) is 0 Å². The Morgan fingerprint density at radius 3 is 2.23 bits per heavy atom. The SMILES string of the molecule is CCN(C(=O)c1cccc(S(=O)(=O)N2CC(C)OC(C)C2)c1)c1cc(C)cc(C)c1. The number of anilines is 1. The highest BCUT2D eigenvalue weighted by Gasteiger charge is 2.32. The van der Waals surface area contributed by atoms with E-state index in [4.69, 9.17) is 4.74 Å². The van der Waals surface area contributed by atoms with Gasteiger partial charge in [-0.1, -0.05) is 12.1 Å². The third-order valence-electron chi connectivity index (χ3n) is 5.18. The molecule has 1 aliphatic rings. The van der Waals surface area contributed by atoms with Crippen LogP contribution in [0.2, 0.25) is 0 Å². The zero-order chi connectivity index (χ0) is 22.1. The highest BCUT2D eigenvalue weighted by molar-refractivity contribution is 7.89. The van der Waals surface area contributed by atoms with Gasteiger partial charge < -0.3 is 9.64 Å². The van der Waals surface area contributed by atoms with Crippen LogP contribution in [0.3, 0.4) is 0 Å². The van der Waals surface area contributed by atoms with Gasteiger partial charge in [-0.05, 0) is 76.1 Å². The van der Waals surface area contributed by atoms with Crippen LogP contribution in [0, 0.1) is 13.8 Å². The van der Waals surface area contributed by atoms with E-state index in [0.29, 0.717) is 25.2 Å². The fourth-order valence-corrected chi connectivity index (χ4v) is 5.61. The molecule has 162 valence electrons. The summed E-state index contributed by atoms with van der Waals surface area (Å²) in [5.41, 5.74) is 3.31. The maximum atomic E-state index is 13.3. The van der Waals surface area contributed by atoms with Crippen molar-refractivity contribution < 1.29 is 17.9 Å². The van der Waals surface area contributed by atoms with Crippen LogP contribution >= 0.6 is 0 Å². The fraction of sp³-hybridized carbons (Fsp3) is 0.435. The average molecular weight is 431 g/mol. The lowest BCUT2D eigenvalue weighted by molar-refractivity contribution is -0.0440. The van der Waals surface area contributed by atoms with E-state index in [9.17, 15) is 13.2 Å². The summed E-state index contributed by atoms with van der Waals surface area (Å²) < 4.78 is 33.5. The Labute approximate surface area is 179 Å². The molecule has 1 heterocycles. The van der Waals surface area contributed by atoms with Crippen molar-refractivity contribution in [3.05, 3.63) is 59.2 Å². The third-order valence-corrected chi connectivity index (χ3v) is 7.01. The van der Waals surface area contributed by atoms with Crippen LogP contribution in [0.4, 0.5) is 5.69 Å². The number of ether oxygens (including phenoxy) is 1. The van der Waals surface area contributed by atoms with Crippen LogP contribution in [0.25, 0.3) is 0 Å². The summed E-state index contributed by atoms with van der Waals surface area (Å²) in [5.74, 6) is -0.219. The van der Waals surface area contributed by atoms with Gasteiger partial charge in [0.15, 0.2) is 0 Å². The molecule has 0 aliphatic carbocycles. The molecule has 1 fully saturated rings. The molecule has 0 radical (unpaired) electrons. The monoisotopic (exact) mass is 430 g/mol. The van der Waals surface area contributed by atoms with Crippen molar-refractivity contribution in [2.75, 3.05) is 24.5 Å². The Bertz CT molecular complexity index is 1000. The number of hydrogen-bond acceptors (Lipinski definition) is 4.